The normalized spacial score (nSPS) is 27.4. The van der Waals surface area contributed by atoms with Crippen molar-refractivity contribution in [1.29, 1.82) is 0 Å². The summed E-state index contributed by atoms with van der Waals surface area (Å²) < 4.78 is 16.1. The van der Waals surface area contributed by atoms with Gasteiger partial charge in [0.2, 0.25) is 0 Å². The van der Waals surface area contributed by atoms with Crippen molar-refractivity contribution in [2.45, 2.75) is 51.3 Å². The van der Waals surface area contributed by atoms with Gasteiger partial charge in [-0.15, -0.1) is 6.58 Å². The summed E-state index contributed by atoms with van der Waals surface area (Å²) in [4.78, 5) is 11.2. The molecule has 1 rings (SSSR count). The van der Waals surface area contributed by atoms with Gasteiger partial charge in [0.1, 0.15) is 12.2 Å². The summed E-state index contributed by atoms with van der Waals surface area (Å²) in [6, 6.07) is 0. The van der Waals surface area contributed by atoms with Crippen LogP contribution in [-0.2, 0) is 19.0 Å². The van der Waals surface area contributed by atoms with E-state index in [-0.39, 0.29) is 12.1 Å². The van der Waals surface area contributed by atoms with Gasteiger partial charge in [-0.25, -0.2) is 4.79 Å². The molecule has 1 saturated heterocycles. The summed E-state index contributed by atoms with van der Waals surface area (Å²) in [5.74, 6) is -1.14. The first kappa shape index (κ1) is 15.9. The molecule has 5 nitrogen and oxygen atoms in total. The summed E-state index contributed by atoms with van der Waals surface area (Å²) in [6.07, 6.45) is 3.27. The van der Waals surface area contributed by atoms with Crippen molar-refractivity contribution in [2.75, 3.05) is 6.61 Å². The third-order valence-electron chi connectivity index (χ3n) is 2.71. The number of aliphatic hydroxyl groups is 1. The van der Waals surface area contributed by atoms with Crippen LogP contribution >= 0.6 is 0 Å². The fraction of sp³-hybridized carbons (Fsp3) is 0.643. The molecule has 108 valence electrons. The predicted molar refractivity (Wildman–Crippen MR) is 70.4 cm³/mol. The van der Waals surface area contributed by atoms with Gasteiger partial charge in [0.15, 0.2) is 5.79 Å². The van der Waals surface area contributed by atoms with Crippen molar-refractivity contribution in [2.24, 2.45) is 0 Å². The number of hydrogen-bond acceptors (Lipinski definition) is 5. The highest BCUT2D eigenvalue weighted by Crippen LogP contribution is 2.32. The molecular formula is C14H22O5. The monoisotopic (exact) mass is 270 g/mol. The molecule has 0 radical (unpaired) electrons. The number of esters is 1. The van der Waals surface area contributed by atoms with Gasteiger partial charge in [-0.3, -0.25) is 0 Å². The standard InChI is InChI=1S/C14H22O5/c1-5-10(15)13-11(18-14(3,4)19-13)8-7-9-12(16)17-6-2/h5,7,9-11,13,15H,1,6,8H2,2-4H3/b9-7+/t10-,11+,13+/m0/s1. The highest BCUT2D eigenvalue weighted by atomic mass is 16.8. The Hall–Kier alpha value is -1.17. The molecule has 1 heterocycles. The zero-order chi connectivity index (χ0) is 14.5. The average Bonchev–Trinajstić information content (AvgIpc) is 2.64. The molecule has 19 heavy (non-hydrogen) atoms. The molecule has 0 unspecified atom stereocenters. The molecule has 0 saturated carbocycles. The van der Waals surface area contributed by atoms with Crippen molar-refractivity contribution in [3.8, 4) is 0 Å². The first-order valence-electron chi connectivity index (χ1n) is 6.39. The van der Waals surface area contributed by atoms with E-state index in [0.29, 0.717) is 13.0 Å². The minimum absolute atomic E-state index is 0.325. The SMILES string of the molecule is C=C[C@H](O)[C@H]1OC(C)(C)O[C@@H]1C/C=C/C(=O)OCC. The molecule has 1 N–H and O–H groups in total. The summed E-state index contributed by atoms with van der Waals surface area (Å²) in [5.41, 5.74) is 0. The van der Waals surface area contributed by atoms with Crippen LogP contribution in [0.1, 0.15) is 27.2 Å². The lowest BCUT2D eigenvalue weighted by Gasteiger charge is -2.19. The maximum atomic E-state index is 11.2. The fourth-order valence-corrected chi connectivity index (χ4v) is 1.96. The van der Waals surface area contributed by atoms with Crippen LogP contribution in [0.4, 0.5) is 0 Å². The third kappa shape index (κ3) is 4.78. The molecule has 5 heteroatoms. The third-order valence-corrected chi connectivity index (χ3v) is 2.71. The molecule has 0 aromatic rings. The van der Waals surface area contributed by atoms with Gasteiger partial charge in [-0.2, -0.15) is 0 Å². The largest absolute Gasteiger partial charge is 0.463 e. The predicted octanol–water partition coefficient (Wildman–Crippen LogP) is 1.56. The molecule has 0 aromatic carbocycles. The Kier molecular flexibility index (Phi) is 5.72. The molecule has 0 spiro atoms. The molecule has 1 aliphatic heterocycles. The minimum Gasteiger partial charge on any atom is -0.463 e. The highest BCUT2D eigenvalue weighted by Gasteiger charge is 2.43. The number of ether oxygens (including phenoxy) is 3. The Balaban J connectivity index is 2.59. The van der Waals surface area contributed by atoms with E-state index in [0.717, 1.165) is 0 Å². The Morgan fingerprint density at radius 1 is 1.53 bits per heavy atom. The molecule has 0 amide bonds. The summed E-state index contributed by atoms with van der Waals surface area (Å²) in [5, 5.41) is 9.81. The number of carbonyl (C=O) groups is 1. The van der Waals surface area contributed by atoms with Crippen molar-refractivity contribution in [3.63, 3.8) is 0 Å². The highest BCUT2D eigenvalue weighted by molar-refractivity contribution is 5.81. The topological polar surface area (TPSA) is 65.0 Å². The van der Waals surface area contributed by atoms with Gasteiger partial charge in [0.05, 0.1) is 12.7 Å². The lowest BCUT2D eigenvalue weighted by molar-refractivity contribution is -0.152. The van der Waals surface area contributed by atoms with Crippen molar-refractivity contribution in [1.82, 2.24) is 0 Å². The van der Waals surface area contributed by atoms with Crippen LogP contribution in [0.15, 0.2) is 24.8 Å². The molecule has 0 aromatic heterocycles. The quantitative estimate of drug-likeness (QED) is 0.451. The molecule has 0 aliphatic carbocycles. The first-order chi connectivity index (χ1) is 8.89. The van der Waals surface area contributed by atoms with E-state index in [1.54, 1.807) is 26.8 Å². The van der Waals surface area contributed by atoms with E-state index in [9.17, 15) is 9.90 Å². The lowest BCUT2D eigenvalue weighted by Crippen LogP contribution is -2.33. The summed E-state index contributed by atoms with van der Waals surface area (Å²) >= 11 is 0. The zero-order valence-corrected chi connectivity index (χ0v) is 11.7. The minimum atomic E-state index is -0.803. The molecule has 1 fully saturated rings. The van der Waals surface area contributed by atoms with Crippen molar-refractivity contribution in [3.05, 3.63) is 24.8 Å². The Bertz CT molecular complexity index is 348. The molecular weight excluding hydrogens is 248 g/mol. The van der Waals surface area contributed by atoms with Crippen molar-refractivity contribution < 1.29 is 24.1 Å². The second kappa shape index (κ2) is 6.84. The van der Waals surface area contributed by atoms with E-state index in [1.807, 2.05) is 0 Å². The van der Waals surface area contributed by atoms with E-state index in [2.05, 4.69) is 6.58 Å². The Morgan fingerprint density at radius 2 is 2.21 bits per heavy atom. The number of hydrogen-bond donors (Lipinski definition) is 1. The Morgan fingerprint density at radius 3 is 2.79 bits per heavy atom. The van der Waals surface area contributed by atoms with E-state index < -0.39 is 18.0 Å². The van der Waals surface area contributed by atoms with Crippen LogP contribution < -0.4 is 0 Å². The molecule has 0 bridgehead atoms. The van der Waals surface area contributed by atoms with Gasteiger partial charge >= 0.3 is 5.97 Å². The maximum absolute atomic E-state index is 11.2. The van der Waals surface area contributed by atoms with Crippen LogP contribution in [0.25, 0.3) is 0 Å². The number of rotatable bonds is 6. The van der Waals surface area contributed by atoms with Crippen LogP contribution in [0.2, 0.25) is 0 Å². The second-order valence-electron chi connectivity index (χ2n) is 4.76. The van der Waals surface area contributed by atoms with E-state index in [4.69, 9.17) is 14.2 Å². The van der Waals surface area contributed by atoms with Crippen LogP contribution in [0.3, 0.4) is 0 Å². The van der Waals surface area contributed by atoms with Gasteiger partial charge in [0, 0.05) is 6.08 Å². The fourth-order valence-electron chi connectivity index (χ4n) is 1.96. The van der Waals surface area contributed by atoms with E-state index >= 15 is 0 Å². The maximum Gasteiger partial charge on any atom is 0.330 e. The smallest absolute Gasteiger partial charge is 0.330 e. The molecule has 1 aliphatic rings. The van der Waals surface area contributed by atoms with Gasteiger partial charge in [0.25, 0.3) is 0 Å². The number of carbonyl (C=O) groups excluding carboxylic acids is 1. The Labute approximate surface area is 113 Å². The molecule has 3 atom stereocenters. The van der Waals surface area contributed by atoms with Crippen LogP contribution in [0, 0.1) is 0 Å². The van der Waals surface area contributed by atoms with Crippen molar-refractivity contribution >= 4 is 5.97 Å². The van der Waals surface area contributed by atoms with Crippen LogP contribution in [-0.4, -0.2) is 41.8 Å². The average molecular weight is 270 g/mol. The van der Waals surface area contributed by atoms with Gasteiger partial charge < -0.3 is 19.3 Å². The number of aliphatic hydroxyl groups excluding tert-OH is 1. The lowest BCUT2D eigenvalue weighted by atomic mass is 10.1. The second-order valence-corrected chi connectivity index (χ2v) is 4.76. The van der Waals surface area contributed by atoms with Gasteiger partial charge in [-0.1, -0.05) is 12.2 Å². The van der Waals surface area contributed by atoms with Gasteiger partial charge in [-0.05, 0) is 27.2 Å². The van der Waals surface area contributed by atoms with Crippen LogP contribution in [0.5, 0.6) is 0 Å². The first-order valence-corrected chi connectivity index (χ1v) is 6.39. The summed E-state index contributed by atoms with van der Waals surface area (Å²) in [6.45, 7) is 9.20. The summed E-state index contributed by atoms with van der Waals surface area (Å²) in [7, 11) is 0. The zero-order valence-electron chi connectivity index (χ0n) is 11.7. The van der Waals surface area contributed by atoms with E-state index in [1.165, 1.54) is 12.2 Å².